The number of hydrogen-bond donors (Lipinski definition) is 1. The molecule has 2 heterocycles. The van der Waals surface area contributed by atoms with Crippen molar-refractivity contribution in [3.8, 4) is 22.7 Å². The van der Waals surface area contributed by atoms with Gasteiger partial charge < -0.3 is 9.47 Å². The van der Waals surface area contributed by atoms with Crippen molar-refractivity contribution < 1.29 is 22.4 Å². The monoisotopic (exact) mass is 479 g/mol. The number of hydrogen-bond acceptors (Lipinski definition) is 6. The fourth-order valence-corrected chi connectivity index (χ4v) is 3.23. The Hall–Kier alpha value is -2.43. The number of halogens is 1. The van der Waals surface area contributed by atoms with E-state index in [0.717, 1.165) is 49.7 Å². The van der Waals surface area contributed by atoms with E-state index in [1.807, 2.05) is 65.5 Å². The van der Waals surface area contributed by atoms with Crippen LogP contribution in [0.4, 0.5) is 0 Å². The van der Waals surface area contributed by atoms with Gasteiger partial charge in [0.2, 0.25) is 5.88 Å². The first-order chi connectivity index (χ1) is 15.3. The molecule has 1 aromatic heterocycles. The highest BCUT2D eigenvalue weighted by Crippen LogP contribution is 2.31. The second kappa shape index (κ2) is 11.4. The third-order valence-corrected chi connectivity index (χ3v) is 4.86. The number of para-hydroxylation sites is 1. The summed E-state index contributed by atoms with van der Waals surface area (Å²) in [5, 5.41) is 5.39. The van der Waals surface area contributed by atoms with Crippen molar-refractivity contribution in [3.63, 3.8) is 0 Å². The van der Waals surface area contributed by atoms with Gasteiger partial charge in [0.25, 0.3) is 10.1 Å². The van der Waals surface area contributed by atoms with Crippen LogP contribution >= 0.6 is 11.6 Å². The van der Waals surface area contributed by atoms with Gasteiger partial charge in [-0.3, -0.25) is 9.45 Å². The Morgan fingerprint density at radius 2 is 1.72 bits per heavy atom. The fourth-order valence-electron chi connectivity index (χ4n) is 3.10. The molecule has 0 spiro atoms. The van der Waals surface area contributed by atoms with E-state index < -0.39 is 10.1 Å². The van der Waals surface area contributed by atoms with Crippen LogP contribution in [0.15, 0.2) is 60.8 Å². The first kappa shape index (κ1) is 24.2. The van der Waals surface area contributed by atoms with Crippen LogP contribution in [0.25, 0.3) is 16.8 Å². The largest absolute Gasteiger partial charge is 0.475 e. The van der Waals surface area contributed by atoms with Crippen molar-refractivity contribution in [1.82, 2.24) is 14.7 Å². The average Bonchev–Trinajstić information content (AvgIpc) is 3.19. The molecule has 2 aromatic carbocycles. The van der Waals surface area contributed by atoms with Gasteiger partial charge in [0, 0.05) is 30.9 Å². The van der Waals surface area contributed by atoms with Gasteiger partial charge in [0.1, 0.15) is 6.61 Å². The van der Waals surface area contributed by atoms with Crippen LogP contribution in [0.5, 0.6) is 5.88 Å². The molecule has 0 saturated carbocycles. The molecule has 8 nitrogen and oxygen atoms in total. The Morgan fingerprint density at radius 3 is 2.34 bits per heavy atom. The van der Waals surface area contributed by atoms with Crippen LogP contribution < -0.4 is 4.74 Å². The minimum Gasteiger partial charge on any atom is -0.475 e. The summed E-state index contributed by atoms with van der Waals surface area (Å²) < 4.78 is 39.2. The molecule has 1 fully saturated rings. The summed E-state index contributed by atoms with van der Waals surface area (Å²) in [4.78, 5) is 2.35. The van der Waals surface area contributed by atoms with Crippen molar-refractivity contribution in [2.24, 2.45) is 0 Å². The molecule has 0 aliphatic carbocycles. The van der Waals surface area contributed by atoms with E-state index in [2.05, 4.69) is 10.00 Å². The quantitative estimate of drug-likeness (QED) is 0.541. The smallest absolute Gasteiger partial charge is 0.261 e. The molecule has 10 heteroatoms. The van der Waals surface area contributed by atoms with Gasteiger partial charge in [-0.15, -0.1) is 5.10 Å². The summed E-state index contributed by atoms with van der Waals surface area (Å²) in [6.45, 7) is 4.93. The molecule has 0 amide bonds. The highest BCUT2D eigenvalue weighted by molar-refractivity contribution is 7.85. The van der Waals surface area contributed by atoms with Crippen molar-refractivity contribution in [3.05, 3.63) is 65.8 Å². The second-order valence-electron chi connectivity index (χ2n) is 7.17. The third-order valence-electron chi connectivity index (χ3n) is 4.61. The van der Waals surface area contributed by atoms with Gasteiger partial charge in [-0.1, -0.05) is 41.9 Å². The Balaban J connectivity index is 0.000000523. The number of ether oxygens (including phenoxy) is 2. The van der Waals surface area contributed by atoms with Gasteiger partial charge in [-0.25, -0.2) is 4.68 Å². The summed E-state index contributed by atoms with van der Waals surface area (Å²) in [6.07, 6.45) is 2.72. The zero-order valence-electron chi connectivity index (χ0n) is 17.7. The minimum absolute atomic E-state index is 0.590. The summed E-state index contributed by atoms with van der Waals surface area (Å²) >= 11 is 6.04. The van der Waals surface area contributed by atoms with Crippen LogP contribution in [0.2, 0.25) is 5.02 Å². The summed E-state index contributed by atoms with van der Waals surface area (Å²) in [6, 6.07) is 17.8. The number of benzene rings is 2. The molecule has 4 rings (SSSR count). The van der Waals surface area contributed by atoms with Gasteiger partial charge in [-0.2, -0.15) is 8.42 Å². The number of rotatable bonds is 6. The van der Waals surface area contributed by atoms with Gasteiger partial charge >= 0.3 is 0 Å². The first-order valence-corrected chi connectivity index (χ1v) is 12.3. The standard InChI is InChI=1S/C21H22ClN3O2.CH4O3S/c22-18-8-6-17(7-9-18)20-16-25(19-4-2-1-3-5-19)23-21(20)27-15-12-24-10-13-26-14-11-24;1-5(2,3)4/h1-9,16H,10-15H2;1H3,(H,2,3,4). The molecular weight excluding hydrogens is 454 g/mol. The molecule has 0 radical (unpaired) electrons. The topological polar surface area (TPSA) is 93.9 Å². The molecule has 0 bridgehead atoms. The van der Waals surface area contributed by atoms with Crippen LogP contribution in [-0.2, 0) is 14.9 Å². The van der Waals surface area contributed by atoms with E-state index in [4.69, 9.17) is 25.6 Å². The summed E-state index contributed by atoms with van der Waals surface area (Å²) in [5.74, 6) is 0.634. The molecule has 0 atom stereocenters. The Morgan fingerprint density at radius 1 is 1.09 bits per heavy atom. The lowest BCUT2D eigenvalue weighted by Gasteiger charge is -2.26. The fraction of sp³-hybridized carbons (Fsp3) is 0.318. The lowest BCUT2D eigenvalue weighted by Crippen LogP contribution is -2.38. The lowest BCUT2D eigenvalue weighted by atomic mass is 10.1. The maximum atomic E-state index is 9.19. The second-order valence-corrected chi connectivity index (χ2v) is 9.07. The maximum Gasteiger partial charge on any atom is 0.261 e. The third kappa shape index (κ3) is 7.92. The van der Waals surface area contributed by atoms with Crippen molar-refractivity contribution in [1.29, 1.82) is 0 Å². The predicted molar refractivity (Wildman–Crippen MR) is 124 cm³/mol. The zero-order chi connectivity index (χ0) is 23.0. The van der Waals surface area contributed by atoms with Gasteiger partial charge in [-0.05, 0) is 29.8 Å². The average molecular weight is 480 g/mol. The van der Waals surface area contributed by atoms with Crippen LogP contribution in [0.3, 0.4) is 0 Å². The zero-order valence-corrected chi connectivity index (χ0v) is 19.3. The van der Waals surface area contributed by atoms with Crippen molar-refractivity contribution >= 4 is 21.7 Å². The predicted octanol–water partition coefficient (Wildman–Crippen LogP) is 3.41. The molecule has 32 heavy (non-hydrogen) atoms. The lowest BCUT2D eigenvalue weighted by molar-refractivity contribution is 0.0320. The van der Waals surface area contributed by atoms with E-state index in [9.17, 15) is 8.42 Å². The van der Waals surface area contributed by atoms with E-state index in [0.29, 0.717) is 23.8 Å². The maximum absolute atomic E-state index is 9.19. The molecule has 3 aromatic rings. The Labute approximate surface area is 193 Å². The molecule has 1 N–H and O–H groups in total. The summed E-state index contributed by atoms with van der Waals surface area (Å²) in [5.41, 5.74) is 2.98. The number of aromatic nitrogens is 2. The van der Waals surface area contributed by atoms with E-state index in [1.54, 1.807) is 0 Å². The number of morpholine rings is 1. The highest BCUT2D eigenvalue weighted by Gasteiger charge is 2.15. The number of nitrogens with zero attached hydrogens (tertiary/aromatic N) is 3. The highest BCUT2D eigenvalue weighted by atomic mass is 35.5. The van der Waals surface area contributed by atoms with Crippen molar-refractivity contribution in [2.75, 3.05) is 45.7 Å². The van der Waals surface area contributed by atoms with Gasteiger partial charge in [0.05, 0.1) is 30.7 Å². The Bertz CT molecular complexity index is 1070. The van der Waals surface area contributed by atoms with E-state index in [1.165, 1.54) is 0 Å². The normalized spacial score (nSPS) is 14.5. The van der Waals surface area contributed by atoms with Crippen LogP contribution in [0.1, 0.15) is 0 Å². The SMILES string of the molecule is CS(=O)(=O)O.Clc1ccc(-c2cn(-c3ccccc3)nc2OCCN2CCOCC2)cc1. The molecule has 1 aliphatic heterocycles. The molecule has 1 saturated heterocycles. The molecule has 0 unspecified atom stereocenters. The van der Waals surface area contributed by atoms with Crippen LogP contribution in [-0.4, -0.2) is 73.4 Å². The van der Waals surface area contributed by atoms with Crippen LogP contribution in [0, 0.1) is 0 Å². The molecule has 172 valence electrons. The van der Waals surface area contributed by atoms with E-state index in [-0.39, 0.29) is 0 Å². The first-order valence-electron chi connectivity index (χ1n) is 10.1. The van der Waals surface area contributed by atoms with Crippen molar-refractivity contribution in [2.45, 2.75) is 0 Å². The summed E-state index contributed by atoms with van der Waals surface area (Å²) in [7, 11) is -3.67. The van der Waals surface area contributed by atoms with E-state index >= 15 is 0 Å². The molecular formula is C22H26ClN3O5S. The van der Waals surface area contributed by atoms with Gasteiger partial charge in [0.15, 0.2) is 0 Å². The molecule has 1 aliphatic rings. The Kier molecular flexibility index (Phi) is 8.66. The minimum atomic E-state index is -3.67.